The lowest BCUT2D eigenvalue weighted by atomic mass is 9.93. The molecule has 3 heterocycles. The van der Waals surface area contributed by atoms with Crippen molar-refractivity contribution in [1.29, 1.82) is 0 Å². The Kier molecular flexibility index (Phi) is 4.08. The quantitative estimate of drug-likeness (QED) is 0.677. The zero-order valence-corrected chi connectivity index (χ0v) is 16.7. The van der Waals surface area contributed by atoms with Crippen LogP contribution in [-0.4, -0.2) is 26.9 Å². The van der Waals surface area contributed by atoms with E-state index in [1.54, 1.807) is 18.4 Å². The number of hydrogen-bond donors (Lipinski definition) is 1. The summed E-state index contributed by atoms with van der Waals surface area (Å²) in [7, 11) is 1.41. The Bertz CT molecular complexity index is 1130. The van der Waals surface area contributed by atoms with E-state index in [4.69, 9.17) is 16.3 Å². The summed E-state index contributed by atoms with van der Waals surface area (Å²) in [4.78, 5) is 4.08. The topological polar surface area (TPSA) is 64.9 Å². The first-order valence-electron chi connectivity index (χ1n) is 8.60. The molecule has 146 valence electrons. The number of benzene rings is 1. The molecule has 0 bridgehead atoms. The molecule has 1 aromatic carbocycles. The molecular weight excluding hydrogens is 388 g/mol. The minimum absolute atomic E-state index is 0.0312. The molecule has 1 N–H and O–H groups in total. The largest absolute Gasteiger partial charge is 0.481 e. The maximum Gasteiger partial charge on any atom is 0.221 e. The van der Waals surface area contributed by atoms with Gasteiger partial charge >= 0.3 is 0 Å². The van der Waals surface area contributed by atoms with Crippen molar-refractivity contribution in [3.63, 3.8) is 0 Å². The van der Waals surface area contributed by atoms with E-state index in [9.17, 15) is 0 Å². The summed E-state index contributed by atoms with van der Waals surface area (Å²) < 4.78 is 37.5. The molecule has 0 saturated heterocycles. The van der Waals surface area contributed by atoms with Crippen molar-refractivity contribution in [1.82, 2.24) is 19.7 Å². The molecule has 2 aromatic heterocycles. The minimum atomic E-state index is -1.00. The molecule has 9 heteroatoms. The van der Waals surface area contributed by atoms with E-state index in [0.717, 1.165) is 0 Å². The third kappa shape index (κ3) is 2.47. The standard InChI is InChI=1S/C19H18ClF2N5O/c1-8-12(11-6-10(20)7-23-17(11)28-5)13(21)14(22)15-16(8)27-9(2)25-26-18(27)19(3,4)24-15/h6-7,24H,1-5H3. The molecule has 4 rings (SSSR count). The molecule has 0 unspecified atom stereocenters. The number of fused-ring (bicyclic) bond motifs is 3. The molecule has 28 heavy (non-hydrogen) atoms. The van der Waals surface area contributed by atoms with Gasteiger partial charge in [-0.2, -0.15) is 0 Å². The Hall–Kier alpha value is -2.74. The highest BCUT2D eigenvalue weighted by molar-refractivity contribution is 6.30. The first-order chi connectivity index (χ1) is 13.2. The first-order valence-corrected chi connectivity index (χ1v) is 8.97. The summed E-state index contributed by atoms with van der Waals surface area (Å²) in [5, 5.41) is 11.7. The van der Waals surface area contributed by atoms with Gasteiger partial charge in [0, 0.05) is 17.3 Å². The lowest BCUT2D eigenvalue weighted by Crippen LogP contribution is -2.37. The van der Waals surface area contributed by atoms with Gasteiger partial charge in [0.1, 0.15) is 5.82 Å². The van der Waals surface area contributed by atoms with E-state index in [-0.39, 0.29) is 27.7 Å². The van der Waals surface area contributed by atoms with Crippen LogP contribution in [0.1, 0.15) is 31.1 Å². The van der Waals surface area contributed by atoms with Crippen LogP contribution in [0.15, 0.2) is 12.3 Å². The second-order valence-corrected chi connectivity index (χ2v) is 7.65. The minimum Gasteiger partial charge on any atom is -0.481 e. The van der Waals surface area contributed by atoms with Crippen molar-refractivity contribution < 1.29 is 13.5 Å². The molecule has 0 saturated carbocycles. The second kappa shape index (κ2) is 6.13. The van der Waals surface area contributed by atoms with Crippen LogP contribution in [0.3, 0.4) is 0 Å². The number of ether oxygens (including phenoxy) is 1. The van der Waals surface area contributed by atoms with Crippen LogP contribution >= 0.6 is 11.6 Å². The third-order valence-electron chi connectivity index (χ3n) is 4.92. The number of anilines is 1. The molecule has 0 amide bonds. The lowest BCUT2D eigenvalue weighted by molar-refractivity contribution is 0.399. The molecule has 1 aliphatic rings. The summed E-state index contributed by atoms with van der Waals surface area (Å²) in [6, 6.07) is 1.50. The Morgan fingerprint density at radius 1 is 1.18 bits per heavy atom. The number of aryl methyl sites for hydroxylation is 1. The fourth-order valence-corrected chi connectivity index (χ4v) is 3.84. The predicted octanol–water partition coefficient (Wildman–Crippen LogP) is 4.55. The molecule has 0 fully saturated rings. The van der Waals surface area contributed by atoms with Crippen LogP contribution in [0.5, 0.6) is 5.88 Å². The van der Waals surface area contributed by atoms with Gasteiger partial charge in [0.05, 0.1) is 29.0 Å². The number of pyridine rings is 1. The van der Waals surface area contributed by atoms with Crippen LogP contribution in [0.2, 0.25) is 5.02 Å². The Balaban J connectivity index is 2.12. The van der Waals surface area contributed by atoms with Crippen LogP contribution in [0.4, 0.5) is 14.5 Å². The van der Waals surface area contributed by atoms with Crippen molar-refractivity contribution in [2.75, 3.05) is 12.4 Å². The number of rotatable bonds is 2. The molecule has 0 spiro atoms. The van der Waals surface area contributed by atoms with Crippen LogP contribution in [-0.2, 0) is 5.54 Å². The van der Waals surface area contributed by atoms with Crippen molar-refractivity contribution in [3.05, 3.63) is 46.1 Å². The summed E-state index contributed by atoms with van der Waals surface area (Å²) in [6.45, 7) is 7.14. The fourth-order valence-electron chi connectivity index (χ4n) is 3.68. The molecule has 0 atom stereocenters. The highest BCUT2D eigenvalue weighted by atomic mass is 35.5. The van der Waals surface area contributed by atoms with E-state index >= 15 is 8.78 Å². The van der Waals surface area contributed by atoms with Gasteiger partial charge in [-0.1, -0.05) is 11.6 Å². The number of aromatic nitrogens is 4. The number of nitrogens with one attached hydrogen (secondary N) is 1. The van der Waals surface area contributed by atoms with Gasteiger partial charge in [0.25, 0.3) is 0 Å². The molecule has 3 aromatic rings. The monoisotopic (exact) mass is 405 g/mol. The van der Waals surface area contributed by atoms with Crippen LogP contribution in [0, 0.1) is 25.5 Å². The zero-order valence-electron chi connectivity index (χ0n) is 16.0. The maximum atomic E-state index is 15.3. The van der Waals surface area contributed by atoms with E-state index in [1.807, 2.05) is 13.8 Å². The molecular formula is C19H18ClF2N5O. The van der Waals surface area contributed by atoms with E-state index in [0.29, 0.717) is 22.9 Å². The average molecular weight is 406 g/mol. The highest BCUT2D eigenvalue weighted by Crippen LogP contribution is 2.46. The van der Waals surface area contributed by atoms with E-state index in [1.165, 1.54) is 19.4 Å². The lowest BCUT2D eigenvalue weighted by Gasteiger charge is -2.35. The number of methoxy groups -OCH3 is 1. The van der Waals surface area contributed by atoms with Gasteiger partial charge in [-0.3, -0.25) is 4.57 Å². The molecule has 0 radical (unpaired) electrons. The van der Waals surface area contributed by atoms with Gasteiger partial charge in [-0.25, -0.2) is 13.8 Å². The van der Waals surface area contributed by atoms with E-state index in [2.05, 4.69) is 20.5 Å². The molecule has 6 nitrogen and oxygen atoms in total. The maximum absolute atomic E-state index is 15.3. The summed E-state index contributed by atoms with van der Waals surface area (Å²) in [5.74, 6) is -0.674. The summed E-state index contributed by atoms with van der Waals surface area (Å²) in [5.41, 5.74) is 0.571. The van der Waals surface area contributed by atoms with E-state index < -0.39 is 17.2 Å². The summed E-state index contributed by atoms with van der Waals surface area (Å²) >= 11 is 6.07. The van der Waals surface area contributed by atoms with Gasteiger partial charge in [-0.15, -0.1) is 10.2 Å². The number of nitrogens with zero attached hydrogens (tertiary/aromatic N) is 4. The van der Waals surface area contributed by atoms with Crippen molar-refractivity contribution >= 4 is 17.3 Å². The second-order valence-electron chi connectivity index (χ2n) is 7.22. The van der Waals surface area contributed by atoms with Crippen molar-refractivity contribution in [2.45, 2.75) is 33.2 Å². The van der Waals surface area contributed by atoms with Crippen LogP contribution in [0.25, 0.3) is 16.8 Å². The first kappa shape index (κ1) is 18.6. The normalized spacial score (nSPS) is 14.3. The van der Waals surface area contributed by atoms with Gasteiger partial charge in [0.15, 0.2) is 17.5 Å². The summed E-state index contributed by atoms with van der Waals surface area (Å²) in [6.07, 6.45) is 1.39. The van der Waals surface area contributed by atoms with Gasteiger partial charge in [-0.05, 0) is 39.3 Å². The van der Waals surface area contributed by atoms with Gasteiger partial charge in [0.2, 0.25) is 5.88 Å². The Morgan fingerprint density at radius 2 is 1.89 bits per heavy atom. The fraction of sp³-hybridized carbons (Fsp3) is 0.316. The van der Waals surface area contributed by atoms with Gasteiger partial charge < -0.3 is 10.1 Å². The number of hydrogen-bond acceptors (Lipinski definition) is 5. The Labute approximate surface area is 165 Å². The molecule has 0 aliphatic carbocycles. The average Bonchev–Trinajstić information content (AvgIpc) is 3.03. The molecule has 1 aliphatic heterocycles. The third-order valence-corrected chi connectivity index (χ3v) is 5.13. The zero-order chi connectivity index (χ0) is 20.4. The SMILES string of the molecule is COc1ncc(Cl)cc1-c1c(C)c2c(c(F)c1F)NC(C)(C)c1nnc(C)n1-2. The predicted molar refractivity (Wildman–Crippen MR) is 102 cm³/mol. The van der Waals surface area contributed by atoms with Crippen LogP contribution < -0.4 is 10.1 Å². The highest BCUT2D eigenvalue weighted by Gasteiger charge is 2.39. The number of halogens is 3. The van der Waals surface area contributed by atoms with Crippen molar-refractivity contribution in [3.8, 4) is 22.7 Å². The van der Waals surface area contributed by atoms with Crippen molar-refractivity contribution in [2.24, 2.45) is 0 Å². The Morgan fingerprint density at radius 3 is 2.57 bits per heavy atom. The smallest absolute Gasteiger partial charge is 0.221 e.